The minimum Gasteiger partial charge on any atom is -0.373 e. The molecule has 3 nitrogen and oxygen atoms in total. The Kier molecular flexibility index (Phi) is 10.9. The summed E-state index contributed by atoms with van der Waals surface area (Å²) in [6.07, 6.45) is 5.78. The first-order valence-electron chi connectivity index (χ1n) is 6.77. The molecule has 0 bridgehead atoms. The van der Waals surface area contributed by atoms with Crippen LogP contribution in [0.1, 0.15) is 46.5 Å². The molecule has 0 aromatic rings. The van der Waals surface area contributed by atoms with Gasteiger partial charge in [0, 0.05) is 25.9 Å². The highest BCUT2D eigenvalue weighted by Gasteiger charge is 2.39. The lowest BCUT2D eigenvalue weighted by molar-refractivity contribution is 0.0595. The van der Waals surface area contributed by atoms with Gasteiger partial charge in [0.1, 0.15) is 0 Å². The highest BCUT2D eigenvalue weighted by Crippen LogP contribution is 2.19. The minimum atomic E-state index is -2.45. The molecule has 0 N–H and O–H groups in total. The Labute approximate surface area is 108 Å². The Morgan fingerprint density at radius 2 is 1.29 bits per heavy atom. The number of allylic oxidation sites excluding steroid dienone is 1. The van der Waals surface area contributed by atoms with E-state index in [0.29, 0.717) is 0 Å². The lowest BCUT2D eigenvalue weighted by Gasteiger charge is -2.29. The molecule has 0 heterocycles. The van der Waals surface area contributed by atoms with E-state index in [1.54, 1.807) is 0 Å². The summed E-state index contributed by atoms with van der Waals surface area (Å²) in [6.45, 7) is 12.2. The van der Waals surface area contributed by atoms with Crippen molar-refractivity contribution in [3.05, 3.63) is 12.7 Å². The standard InChI is InChI=1S/C13H28O3Si/c1-5-9-13-17(14-10-6-2,15-11-7-3)16-12-8-4/h5H,1,6-13H2,2-4H3. The van der Waals surface area contributed by atoms with E-state index in [0.717, 1.165) is 51.5 Å². The molecule has 0 fully saturated rings. The van der Waals surface area contributed by atoms with Gasteiger partial charge in [0.2, 0.25) is 0 Å². The molecule has 0 aromatic carbocycles. The van der Waals surface area contributed by atoms with Crippen LogP contribution >= 0.6 is 0 Å². The van der Waals surface area contributed by atoms with E-state index in [9.17, 15) is 0 Å². The Balaban J connectivity index is 4.44. The molecule has 17 heavy (non-hydrogen) atoms. The van der Waals surface area contributed by atoms with Crippen molar-refractivity contribution >= 4 is 8.80 Å². The lowest BCUT2D eigenvalue weighted by Crippen LogP contribution is -2.46. The van der Waals surface area contributed by atoms with Crippen LogP contribution in [0.5, 0.6) is 0 Å². The van der Waals surface area contributed by atoms with E-state index in [2.05, 4.69) is 27.4 Å². The van der Waals surface area contributed by atoms with Crippen molar-refractivity contribution in [1.82, 2.24) is 0 Å². The van der Waals surface area contributed by atoms with Crippen LogP contribution in [0.15, 0.2) is 12.7 Å². The molecule has 0 saturated heterocycles. The average Bonchev–Trinajstić information content (AvgIpc) is 2.37. The molecule has 102 valence electrons. The van der Waals surface area contributed by atoms with Crippen molar-refractivity contribution in [3.63, 3.8) is 0 Å². The van der Waals surface area contributed by atoms with Gasteiger partial charge in [-0.3, -0.25) is 0 Å². The average molecular weight is 260 g/mol. The molecule has 0 aliphatic rings. The monoisotopic (exact) mass is 260 g/mol. The zero-order valence-corrected chi connectivity index (χ0v) is 12.7. The first-order chi connectivity index (χ1) is 8.24. The van der Waals surface area contributed by atoms with Gasteiger partial charge < -0.3 is 13.3 Å². The smallest absolute Gasteiger partial charge is 0.373 e. The normalized spacial score (nSPS) is 11.7. The van der Waals surface area contributed by atoms with E-state index in [1.807, 2.05) is 6.08 Å². The van der Waals surface area contributed by atoms with Gasteiger partial charge in [-0.15, -0.1) is 6.58 Å². The molecular formula is C13H28O3Si. The first-order valence-corrected chi connectivity index (χ1v) is 8.70. The SMILES string of the molecule is C=CCC[Si](OCCC)(OCCC)OCCC. The minimum absolute atomic E-state index is 0.719. The van der Waals surface area contributed by atoms with Gasteiger partial charge >= 0.3 is 8.80 Å². The van der Waals surface area contributed by atoms with Crippen molar-refractivity contribution < 1.29 is 13.3 Å². The Hall–Kier alpha value is -0.163. The van der Waals surface area contributed by atoms with E-state index in [-0.39, 0.29) is 0 Å². The fourth-order valence-electron chi connectivity index (χ4n) is 1.39. The van der Waals surface area contributed by atoms with Gasteiger partial charge in [-0.1, -0.05) is 26.8 Å². The number of rotatable bonds is 12. The highest BCUT2D eigenvalue weighted by atomic mass is 28.4. The Morgan fingerprint density at radius 3 is 1.59 bits per heavy atom. The maximum absolute atomic E-state index is 5.93. The summed E-state index contributed by atoms with van der Waals surface area (Å²) in [4.78, 5) is 0. The molecular weight excluding hydrogens is 232 g/mol. The van der Waals surface area contributed by atoms with Crippen LogP contribution in [0.4, 0.5) is 0 Å². The molecule has 0 radical (unpaired) electrons. The molecule has 0 rings (SSSR count). The second-order valence-corrected chi connectivity index (χ2v) is 6.79. The molecule has 0 aliphatic carbocycles. The van der Waals surface area contributed by atoms with E-state index >= 15 is 0 Å². The molecule has 4 heteroatoms. The predicted molar refractivity (Wildman–Crippen MR) is 74.1 cm³/mol. The van der Waals surface area contributed by atoms with E-state index < -0.39 is 8.80 Å². The first kappa shape index (κ1) is 16.8. The predicted octanol–water partition coefficient (Wildman–Crippen LogP) is 3.78. The van der Waals surface area contributed by atoms with E-state index in [4.69, 9.17) is 13.3 Å². The van der Waals surface area contributed by atoms with E-state index in [1.165, 1.54) is 0 Å². The summed E-state index contributed by atoms with van der Waals surface area (Å²) in [6, 6.07) is 0.844. The van der Waals surface area contributed by atoms with Crippen LogP contribution in [-0.2, 0) is 13.3 Å². The maximum Gasteiger partial charge on any atom is 0.501 e. The molecule has 0 aliphatic heterocycles. The van der Waals surface area contributed by atoms with Crippen LogP contribution in [0, 0.1) is 0 Å². The summed E-state index contributed by atoms with van der Waals surface area (Å²) in [5.41, 5.74) is 0. The van der Waals surface area contributed by atoms with Gasteiger partial charge in [-0.25, -0.2) is 0 Å². The van der Waals surface area contributed by atoms with Crippen LogP contribution < -0.4 is 0 Å². The molecule has 0 unspecified atom stereocenters. The molecule has 0 saturated carbocycles. The van der Waals surface area contributed by atoms with Crippen LogP contribution in [0.3, 0.4) is 0 Å². The van der Waals surface area contributed by atoms with Gasteiger partial charge in [0.05, 0.1) is 0 Å². The second-order valence-electron chi connectivity index (χ2n) is 4.06. The van der Waals surface area contributed by atoms with Crippen molar-refractivity contribution in [2.75, 3.05) is 19.8 Å². The topological polar surface area (TPSA) is 27.7 Å². The summed E-state index contributed by atoms with van der Waals surface area (Å²) >= 11 is 0. The highest BCUT2D eigenvalue weighted by molar-refractivity contribution is 6.60. The summed E-state index contributed by atoms with van der Waals surface area (Å²) in [5.74, 6) is 0. The molecule has 0 atom stereocenters. The zero-order valence-electron chi connectivity index (χ0n) is 11.7. The largest absolute Gasteiger partial charge is 0.501 e. The van der Waals surface area contributed by atoms with Crippen LogP contribution in [-0.4, -0.2) is 28.6 Å². The number of hydrogen-bond donors (Lipinski definition) is 0. The molecule has 0 aromatic heterocycles. The zero-order chi connectivity index (χ0) is 13.0. The second kappa shape index (κ2) is 11.0. The fourth-order valence-corrected chi connectivity index (χ4v) is 4.18. The third-order valence-electron chi connectivity index (χ3n) is 2.23. The third-order valence-corrected chi connectivity index (χ3v) is 5.07. The maximum atomic E-state index is 5.93. The molecule has 0 amide bonds. The van der Waals surface area contributed by atoms with Gasteiger partial charge in [-0.05, 0) is 25.7 Å². The third kappa shape index (κ3) is 7.71. The van der Waals surface area contributed by atoms with Crippen molar-refractivity contribution in [2.45, 2.75) is 52.5 Å². The summed E-state index contributed by atoms with van der Waals surface area (Å²) in [7, 11) is -2.45. The van der Waals surface area contributed by atoms with Crippen molar-refractivity contribution in [3.8, 4) is 0 Å². The van der Waals surface area contributed by atoms with Crippen molar-refractivity contribution in [1.29, 1.82) is 0 Å². The van der Waals surface area contributed by atoms with Crippen LogP contribution in [0.25, 0.3) is 0 Å². The number of hydrogen-bond acceptors (Lipinski definition) is 3. The quantitative estimate of drug-likeness (QED) is 0.395. The lowest BCUT2D eigenvalue weighted by atomic mass is 10.5. The van der Waals surface area contributed by atoms with Crippen molar-refractivity contribution in [2.24, 2.45) is 0 Å². The van der Waals surface area contributed by atoms with Gasteiger partial charge in [-0.2, -0.15) is 0 Å². The fraction of sp³-hybridized carbons (Fsp3) is 0.846. The van der Waals surface area contributed by atoms with Crippen LogP contribution in [0.2, 0.25) is 6.04 Å². The Morgan fingerprint density at radius 1 is 0.882 bits per heavy atom. The Bertz CT molecular complexity index is 164. The van der Waals surface area contributed by atoms with Gasteiger partial charge in [0.15, 0.2) is 0 Å². The molecule has 0 spiro atoms. The van der Waals surface area contributed by atoms with Gasteiger partial charge in [0.25, 0.3) is 0 Å². The summed E-state index contributed by atoms with van der Waals surface area (Å²) < 4.78 is 17.8. The summed E-state index contributed by atoms with van der Waals surface area (Å²) in [5, 5.41) is 0.